The Morgan fingerprint density at radius 3 is 2.76 bits per heavy atom. The molecule has 1 amide bonds. The van der Waals surface area contributed by atoms with E-state index in [0.29, 0.717) is 5.69 Å². The number of ether oxygens (including phenoxy) is 1. The highest BCUT2D eigenvalue weighted by Crippen LogP contribution is 2.12. The molecule has 2 rings (SSSR count). The Kier molecular flexibility index (Phi) is 5.09. The van der Waals surface area contributed by atoms with Crippen LogP contribution in [0.15, 0.2) is 47.4 Å². The maximum atomic E-state index is 11.7. The molecule has 0 aliphatic rings. The first-order chi connectivity index (χ1) is 10.1. The van der Waals surface area contributed by atoms with Crippen LogP contribution < -0.4 is 10.9 Å². The van der Waals surface area contributed by atoms with Crippen LogP contribution in [0, 0.1) is 3.57 Å². The number of anilines is 1. The van der Waals surface area contributed by atoms with Crippen molar-refractivity contribution >= 4 is 40.2 Å². The molecular weight excluding hydrogens is 387 g/mol. The van der Waals surface area contributed by atoms with Crippen molar-refractivity contribution < 1.29 is 14.3 Å². The third-order valence-electron chi connectivity index (χ3n) is 2.48. The van der Waals surface area contributed by atoms with Gasteiger partial charge in [-0.1, -0.05) is 6.07 Å². The third kappa shape index (κ3) is 4.42. The Morgan fingerprint density at radius 2 is 2.05 bits per heavy atom. The van der Waals surface area contributed by atoms with Crippen LogP contribution in [0.3, 0.4) is 0 Å². The van der Waals surface area contributed by atoms with Gasteiger partial charge in [-0.3, -0.25) is 9.59 Å². The number of hydrogen-bond acceptors (Lipinski definition) is 4. The summed E-state index contributed by atoms with van der Waals surface area (Å²) in [6.07, 6.45) is 1.41. The maximum absolute atomic E-state index is 11.7. The number of H-pyrrole nitrogens is 1. The van der Waals surface area contributed by atoms with Gasteiger partial charge in [0.1, 0.15) is 5.56 Å². The van der Waals surface area contributed by atoms with E-state index in [1.165, 1.54) is 18.3 Å². The Bertz CT molecular complexity index is 727. The SMILES string of the molecule is O=C(COC(=O)c1ccc[nH]c1=O)Nc1cccc(I)c1. The van der Waals surface area contributed by atoms with E-state index in [-0.39, 0.29) is 5.56 Å². The van der Waals surface area contributed by atoms with E-state index in [1.54, 1.807) is 18.2 Å². The van der Waals surface area contributed by atoms with Crippen LogP contribution >= 0.6 is 22.6 Å². The highest BCUT2D eigenvalue weighted by molar-refractivity contribution is 14.1. The van der Waals surface area contributed by atoms with Gasteiger partial charge in [-0.05, 0) is 52.9 Å². The van der Waals surface area contributed by atoms with Crippen LogP contribution in [-0.4, -0.2) is 23.5 Å². The first-order valence-electron chi connectivity index (χ1n) is 5.96. The minimum Gasteiger partial charge on any atom is -0.452 e. The fourth-order valence-electron chi connectivity index (χ4n) is 1.55. The summed E-state index contributed by atoms with van der Waals surface area (Å²) in [5.74, 6) is -1.31. The van der Waals surface area contributed by atoms with Crippen molar-refractivity contribution in [3.05, 3.63) is 62.1 Å². The second-order valence-corrected chi connectivity index (χ2v) is 5.29. The summed E-state index contributed by atoms with van der Waals surface area (Å²) in [5, 5.41) is 2.60. The van der Waals surface area contributed by atoms with Crippen molar-refractivity contribution in [3.63, 3.8) is 0 Å². The summed E-state index contributed by atoms with van der Waals surface area (Å²) < 4.78 is 5.77. The number of rotatable bonds is 4. The summed E-state index contributed by atoms with van der Waals surface area (Å²) in [6, 6.07) is 10.0. The zero-order valence-corrected chi connectivity index (χ0v) is 12.9. The van der Waals surface area contributed by atoms with E-state index >= 15 is 0 Å². The Balaban J connectivity index is 1.91. The predicted molar refractivity (Wildman–Crippen MR) is 85.1 cm³/mol. The largest absolute Gasteiger partial charge is 0.452 e. The number of pyridine rings is 1. The zero-order valence-electron chi connectivity index (χ0n) is 10.8. The number of amides is 1. The van der Waals surface area contributed by atoms with E-state index in [0.717, 1.165) is 3.57 Å². The van der Waals surface area contributed by atoms with Crippen molar-refractivity contribution in [3.8, 4) is 0 Å². The molecule has 0 aliphatic heterocycles. The van der Waals surface area contributed by atoms with Crippen molar-refractivity contribution in [2.75, 3.05) is 11.9 Å². The monoisotopic (exact) mass is 398 g/mol. The zero-order chi connectivity index (χ0) is 15.2. The van der Waals surface area contributed by atoms with Crippen molar-refractivity contribution in [2.45, 2.75) is 0 Å². The fraction of sp³-hybridized carbons (Fsp3) is 0.0714. The first kappa shape index (κ1) is 15.2. The lowest BCUT2D eigenvalue weighted by Crippen LogP contribution is -2.24. The van der Waals surface area contributed by atoms with Crippen molar-refractivity contribution in [2.24, 2.45) is 0 Å². The quantitative estimate of drug-likeness (QED) is 0.607. The van der Waals surface area contributed by atoms with Gasteiger partial charge in [-0.25, -0.2) is 4.79 Å². The molecule has 0 unspecified atom stereocenters. The fourth-order valence-corrected chi connectivity index (χ4v) is 2.10. The molecule has 6 nitrogen and oxygen atoms in total. The van der Waals surface area contributed by atoms with Gasteiger partial charge in [0.15, 0.2) is 6.61 Å². The highest BCUT2D eigenvalue weighted by atomic mass is 127. The molecule has 0 saturated carbocycles. The second kappa shape index (κ2) is 7.02. The van der Waals surface area contributed by atoms with Gasteiger partial charge >= 0.3 is 5.97 Å². The number of esters is 1. The van der Waals surface area contributed by atoms with E-state index in [2.05, 4.69) is 32.9 Å². The third-order valence-corrected chi connectivity index (χ3v) is 3.15. The van der Waals surface area contributed by atoms with Crippen LogP contribution in [0.4, 0.5) is 5.69 Å². The molecule has 0 spiro atoms. The van der Waals surface area contributed by atoms with E-state index < -0.39 is 24.0 Å². The molecule has 0 saturated heterocycles. The van der Waals surface area contributed by atoms with E-state index in [1.807, 2.05) is 6.07 Å². The Hall–Kier alpha value is -2.16. The molecule has 1 heterocycles. The number of nitrogens with one attached hydrogen (secondary N) is 2. The second-order valence-electron chi connectivity index (χ2n) is 4.05. The lowest BCUT2D eigenvalue weighted by molar-refractivity contribution is -0.119. The van der Waals surface area contributed by atoms with Gasteiger partial charge in [0.2, 0.25) is 0 Å². The average molecular weight is 398 g/mol. The van der Waals surface area contributed by atoms with Crippen molar-refractivity contribution in [1.82, 2.24) is 4.98 Å². The van der Waals surface area contributed by atoms with Gasteiger partial charge in [-0.2, -0.15) is 0 Å². The van der Waals surface area contributed by atoms with Gasteiger partial charge < -0.3 is 15.0 Å². The average Bonchev–Trinajstić information content (AvgIpc) is 2.45. The molecule has 0 aliphatic carbocycles. The maximum Gasteiger partial charge on any atom is 0.344 e. The van der Waals surface area contributed by atoms with E-state index in [9.17, 15) is 14.4 Å². The van der Waals surface area contributed by atoms with Gasteiger partial charge in [0, 0.05) is 15.5 Å². The number of carbonyl (C=O) groups excluding carboxylic acids is 2. The first-order valence-corrected chi connectivity index (χ1v) is 7.04. The van der Waals surface area contributed by atoms with E-state index in [4.69, 9.17) is 4.74 Å². The molecule has 1 aromatic carbocycles. The minimum atomic E-state index is -0.838. The Labute approximate surface area is 133 Å². The van der Waals surface area contributed by atoms with Gasteiger partial charge in [0.25, 0.3) is 11.5 Å². The van der Waals surface area contributed by atoms with Crippen LogP contribution in [0.1, 0.15) is 10.4 Å². The number of carbonyl (C=O) groups is 2. The number of benzene rings is 1. The van der Waals surface area contributed by atoms with Crippen LogP contribution in [0.2, 0.25) is 0 Å². The van der Waals surface area contributed by atoms with Crippen LogP contribution in [0.5, 0.6) is 0 Å². The summed E-state index contributed by atoms with van der Waals surface area (Å²) in [5.41, 5.74) is -0.0828. The lowest BCUT2D eigenvalue weighted by atomic mass is 10.3. The smallest absolute Gasteiger partial charge is 0.344 e. The van der Waals surface area contributed by atoms with Crippen LogP contribution in [-0.2, 0) is 9.53 Å². The summed E-state index contributed by atoms with van der Waals surface area (Å²) in [4.78, 5) is 37.1. The molecule has 7 heteroatoms. The molecule has 1 aromatic heterocycles. The lowest BCUT2D eigenvalue weighted by Gasteiger charge is -2.06. The number of aromatic nitrogens is 1. The van der Waals surface area contributed by atoms with Gasteiger partial charge in [0.05, 0.1) is 0 Å². The normalized spacial score (nSPS) is 9.95. The van der Waals surface area contributed by atoms with Gasteiger partial charge in [-0.15, -0.1) is 0 Å². The number of aromatic amines is 1. The minimum absolute atomic E-state index is 0.139. The molecule has 0 bridgehead atoms. The molecule has 2 N–H and O–H groups in total. The summed E-state index contributed by atoms with van der Waals surface area (Å²) in [6.45, 7) is -0.460. The molecule has 0 radical (unpaired) electrons. The molecular formula is C14H11IN2O4. The van der Waals surface area contributed by atoms with Crippen molar-refractivity contribution in [1.29, 1.82) is 0 Å². The molecule has 0 fully saturated rings. The molecule has 0 atom stereocenters. The predicted octanol–water partition coefficient (Wildman–Crippen LogP) is 1.78. The highest BCUT2D eigenvalue weighted by Gasteiger charge is 2.13. The molecule has 2 aromatic rings. The topological polar surface area (TPSA) is 88.3 Å². The Morgan fingerprint density at radius 1 is 1.24 bits per heavy atom. The number of halogens is 1. The molecule has 21 heavy (non-hydrogen) atoms. The summed E-state index contributed by atoms with van der Waals surface area (Å²) >= 11 is 2.12. The standard InChI is InChI=1S/C14H11IN2O4/c15-9-3-1-4-10(7-9)17-12(18)8-21-14(20)11-5-2-6-16-13(11)19/h1-7H,8H2,(H,16,19)(H,17,18). The molecule has 108 valence electrons. The number of hydrogen-bond donors (Lipinski definition) is 2. The summed E-state index contributed by atoms with van der Waals surface area (Å²) in [7, 11) is 0. The van der Waals surface area contributed by atoms with Crippen LogP contribution in [0.25, 0.3) is 0 Å².